The number of hydrogen-bond donors (Lipinski definition) is 0. The second-order valence-electron chi connectivity index (χ2n) is 6.60. The largest absolute Gasteiger partial charge is 0.379 e. The highest BCUT2D eigenvalue weighted by molar-refractivity contribution is 5.95. The van der Waals surface area contributed by atoms with Crippen molar-refractivity contribution in [2.24, 2.45) is 5.92 Å². The van der Waals surface area contributed by atoms with Crippen molar-refractivity contribution in [1.29, 1.82) is 0 Å². The molecule has 0 aromatic carbocycles. The number of ether oxygens (including phenoxy) is 1. The van der Waals surface area contributed by atoms with Crippen LogP contribution in [0.5, 0.6) is 0 Å². The van der Waals surface area contributed by atoms with E-state index in [2.05, 4.69) is 15.0 Å². The molecule has 7 nitrogen and oxygen atoms in total. The van der Waals surface area contributed by atoms with Crippen molar-refractivity contribution in [2.75, 3.05) is 26.3 Å². The number of nitrogens with zero attached hydrogens (tertiary/aromatic N) is 5. The summed E-state index contributed by atoms with van der Waals surface area (Å²) in [5.74, 6) is 0.219. The SMILES string of the molecule is Cc1ncccc1C(=O)N1CCOCC(Cc2cn3ccnc3cn2)C1. The molecule has 0 spiro atoms. The van der Waals surface area contributed by atoms with E-state index in [1.54, 1.807) is 24.7 Å². The Hall–Kier alpha value is -2.80. The molecule has 0 radical (unpaired) electrons. The van der Waals surface area contributed by atoms with Crippen LogP contribution in [0.15, 0.2) is 43.1 Å². The van der Waals surface area contributed by atoms with Gasteiger partial charge >= 0.3 is 0 Å². The summed E-state index contributed by atoms with van der Waals surface area (Å²) in [6.45, 7) is 4.28. The van der Waals surface area contributed by atoms with Crippen molar-refractivity contribution in [3.8, 4) is 0 Å². The number of aromatic nitrogens is 4. The van der Waals surface area contributed by atoms with Gasteiger partial charge in [0.2, 0.25) is 0 Å². The molecule has 3 aromatic rings. The molecule has 1 unspecified atom stereocenters. The van der Waals surface area contributed by atoms with Gasteiger partial charge in [0.1, 0.15) is 0 Å². The lowest BCUT2D eigenvalue weighted by Gasteiger charge is -2.24. The molecule has 1 aliphatic rings. The normalized spacial score (nSPS) is 18.0. The lowest BCUT2D eigenvalue weighted by atomic mass is 10.0. The summed E-state index contributed by atoms with van der Waals surface area (Å²) in [5.41, 5.74) is 3.21. The molecule has 4 heterocycles. The summed E-state index contributed by atoms with van der Waals surface area (Å²) in [5, 5.41) is 0. The number of imidazole rings is 1. The summed E-state index contributed by atoms with van der Waals surface area (Å²) in [6.07, 6.45) is 9.89. The highest BCUT2D eigenvalue weighted by atomic mass is 16.5. The predicted octanol–water partition coefficient (Wildman–Crippen LogP) is 1.76. The van der Waals surface area contributed by atoms with Gasteiger partial charge in [0.15, 0.2) is 5.65 Å². The van der Waals surface area contributed by atoms with Crippen LogP contribution in [0.1, 0.15) is 21.7 Å². The van der Waals surface area contributed by atoms with Gasteiger partial charge in [0, 0.05) is 49.5 Å². The smallest absolute Gasteiger partial charge is 0.255 e. The van der Waals surface area contributed by atoms with Crippen molar-refractivity contribution in [3.05, 3.63) is 60.1 Å². The van der Waals surface area contributed by atoms with Crippen LogP contribution in [-0.2, 0) is 11.2 Å². The maximum absolute atomic E-state index is 12.9. The minimum Gasteiger partial charge on any atom is -0.379 e. The Labute approximate surface area is 151 Å². The highest BCUT2D eigenvalue weighted by Gasteiger charge is 2.25. The fraction of sp³-hybridized carbons (Fsp3) is 0.368. The number of amides is 1. The van der Waals surface area contributed by atoms with Gasteiger partial charge < -0.3 is 14.0 Å². The molecule has 4 rings (SSSR count). The van der Waals surface area contributed by atoms with Crippen LogP contribution >= 0.6 is 0 Å². The van der Waals surface area contributed by atoms with Crippen LogP contribution < -0.4 is 0 Å². The van der Waals surface area contributed by atoms with E-state index in [4.69, 9.17) is 4.74 Å². The summed E-state index contributed by atoms with van der Waals surface area (Å²) < 4.78 is 7.70. The standard InChI is InChI=1S/C19H21N5O2/c1-14-17(3-2-4-20-14)19(25)24-7-8-26-13-15(11-24)9-16-12-23-6-5-21-18(23)10-22-16/h2-6,10,12,15H,7-9,11,13H2,1H3. The second kappa shape index (κ2) is 7.21. The first-order valence-corrected chi connectivity index (χ1v) is 8.77. The van der Waals surface area contributed by atoms with E-state index in [0.717, 1.165) is 23.5 Å². The van der Waals surface area contributed by atoms with Gasteiger partial charge in [-0.25, -0.2) is 4.98 Å². The van der Waals surface area contributed by atoms with Gasteiger partial charge in [0.05, 0.1) is 30.7 Å². The minimum absolute atomic E-state index is 0.0177. The van der Waals surface area contributed by atoms with Crippen molar-refractivity contribution in [1.82, 2.24) is 24.3 Å². The van der Waals surface area contributed by atoms with E-state index in [9.17, 15) is 4.79 Å². The Morgan fingerprint density at radius 3 is 3.12 bits per heavy atom. The molecule has 26 heavy (non-hydrogen) atoms. The van der Waals surface area contributed by atoms with Gasteiger partial charge in [0.25, 0.3) is 5.91 Å². The Kier molecular flexibility index (Phi) is 4.62. The first-order valence-electron chi connectivity index (χ1n) is 8.77. The van der Waals surface area contributed by atoms with Crippen molar-refractivity contribution in [2.45, 2.75) is 13.3 Å². The van der Waals surface area contributed by atoms with E-state index in [1.807, 2.05) is 34.7 Å². The number of carbonyl (C=O) groups excluding carboxylic acids is 1. The summed E-state index contributed by atoms with van der Waals surface area (Å²) in [4.78, 5) is 27.7. The van der Waals surface area contributed by atoms with Gasteiger partial charge in [-0.2, -0.15) is 0 Å². The third-order valence-corrected chi connectivity index (χ3v) is 4.69. The maximum Gasteiger partial charge on any atom is 0.255 e. The molecule has 134 valence electrons. The monoisotopic (exact) mass is 351 g/mol. The zero-order valence-corrected chi connectivity index (χ0v) is 14.7. The molecule has 1 aliphatic heterocycles. The van der Waals surface area contributed by atoms with Crippen molar-refractivity contribution >= 4 is 11.6 Å². The molecule has 1 atom stereocenters. The fourth-order valence-corrected chi connectivity index (χ4v) is 3.34. The Balaban J connectivity index is 1.50. The van der Waals surface area contributed by atoms with E-state index >= 15 is 0 Å². The van der Waals surface area contributed by atoms with Crippen molar-refractivity contribution < 1.29 is 9.53 Å². The number of carbonyl (C=O) groups is 1. The third-order valence-electron chi connectivity index (χ3n) is 4.69. The van der Waals surface area contributed by atoms with E-state index in [-0.39, 0.29) is 11.8 Å². The first-order chi connectivity index (χ1) is 12.7. The number of fused-ring (bicyclic) bond motifs is 1. The zero-order chi connectivity index (χ0) is 17.9. The Bertz CT molecular complexity index is 923. The van der Waals surface area contributed by atoms with Gasteiger partial charge in [-0.05, 0) is 25.5 Å². The summed E-state index contributed by atoms with van der Waals surface area (Å²) in [7, 11) is 0. The fourth-order valence-electron chi connectivity index (χ4n) is 3.34. The lowest BCUT2D eigenvalue weighted by molar-refractivity contribution is 0.0736. The Morgan fingerprint density at radius 1 is 1.31 bits per heavy atom. The summed E-state index contributed by atoms with van der Waals surface area (Å²) in [6, 6.07) is 3.64. The molecule has 0 N–H and O–H groups in total. The van der Waals surface area contributed by atoms with E-state index in [1.165, 1.54) is 0 Å². The number of hydrogen-bond acceptors (Lipinski definition) is 5. The molecule has 3 aromatic heterocycles. The summed E-state index contributed by atoms with van der Waals surface area (Å²) >= 11 is 0. The molecule has 1 fully saturated rings. The molecular weight excluding hydrogens is 330 g/mol. The molecule has 7 heteroatoms. The number of aryl methyl sites for hydroxylation is 1. The molecule has 0 bridgehead atoms. The number of rotatable bonds is 3. The van der Waals surface area contributed by atoms with Crippen LogP contribution in [0, 0.1) is 12.8 Å². The maximum atomic E-state index is 12.9. The minimum atomic E-state index is 0.0177. The van der Waals surface area contributed by atoms with Crippen LogP contribution in [-0.4, -0.2) is 56.5 Å². The van der Waals surface area contributed by atoms with Crippen LogP contribution in [0.4, 0.5) is 0 Å². The molecule has 1 saturated heterocycles. The van der Waals surface area contributed by atoms with Gasteiger partial charge in [-0.15, -0.1) is 0 Å². The zero-order valence-electron chi connectivity index (χ0n) is 14.7. The van der Waals surface area contributed by atoms with Crippen LogP contribution in [0.2, 0.25) is 0 Å². The van der Waals surface area contributed by atoms with E-state index < -0.39 is 0 Å². The molecule has 1 amide bonds. The highest BCUT2D eigenvalue weighted by Crippen LogP contribution is 2.16. The van der Waals surface area contributed by atoms with E-state index in [0.29, 0.717) is 31.9 Å². The van der Waals surface area contributed by atoms with Crippen LogP contribution in [0.25, 0.3) is 5.65 Å². The predicted molar refractivity (Wildman–Crippen MR) is 95.9 cm³/mol. The quantitative estimate of drug-likeness (QED) is 0.719. The molecule has 0 aliphatic carbocycles. The topological polar surface area (TPSA) is 72.6 Å². The molecule has 0 saturated carbocycles. The Morgan fingerprint density at radius 2 is 2.23 bits per heavy atom. The van der Waals surface area contributed by atoms with Crippen LogP contribution in [0.3, 0.4) is 0 Å². The average Bonchev–Trinajstić information content (AvgIpc) is 2.99. The average molecular weight is 351 g/mol. The third kappa shape index (κ3) is 3.43. The van der Waals surface area contributed by atoms with Gasteiger partial charge in [-0.1, -0.05) is 0 Å². The molecular formula is C19H21N5O2. The first kappa shape index (κ1) is 16.7. The van der Waals surface area contributed by atoms with Gasteiger partial charge in [-0.3, -0.25) is 14.8 Å². The lowest BCUT2D eigenvalue weighted by Crippen LogP contribution is -2.37. The van der Waals surface area contributed by atoms with Crippen molar-refractivity contribution in [3.63, 3.8) is 0 Å². The second-order valence-corrected chi connectivity index (χ2v) is 6.60. The number of pyridine rings is 1.